The molecule has 2 fully saturated rings. The molecule has 3 aliphatic rings. The number of carboxylic acid groups (broad SMARTS) is 1. The number of hydrogen-bond acceptors (Lipinski definition) is 3. The largest absolute Gasteiger partial charge is 0.482 e. The molecular weight excluding hydrogens is 316 g/mol. The van der Waals surface area contributed by atoms with Gasteiger partial charge in [0.2, 0.25) is 0 Å². The molecule has 0 spiro atoms. The number of ether oxygens (including phenoxy) is 2. The van der Waals surface area contributed by atoms with E-state index in [9.17, 15) is 4.79 Å². The second kappa shape index (κ2) is 7.20. The first kappa shape index (κ1) is 16.6. The zero-order chi connectivity index (χ0) is 17.2. The van der Waals surface area contributed by atoms with Crippen LogP contribution in [-0.4, -0.2) is 23.8 Å². The summed E-state index contributed by atoms with van der Waals surface area (Å²) in [6.45, 7) is -0.316. The molecule has 25 heavy (non-hydrogen) atoms. The lowest BCUT2D eigenvalue weighted by atomic mass is 9.68. The highest BCUT2D eigenvalue weighted by Crippen LogP contribution is 2.52. The van der Waals surface area contributed by atoms with Crippen molar-refractivity contribution in [2.24, 2.45) is 11.8 Å². The number of rotatable bonds is 4. The van der Waals surface area contributed by atoms with Gasteiger partial charge in [-0.25, -0.2) is 4.79 Å². The lowest BCUT2D eigenvalue weighted by Gasteiger charge is -2.47. The summed E-state index contributed by atoms with van der Waals surface area (Å²) in [5.74, 6) is 0.684. The number of para-hydroxylation sites is 1. The van der Waals surface area contributed by atoms with Crippen LogP contribution in [0.2, 0.25) is 0 Å². The van der Waals surface area contributed by atoms with Crippen LogP contribution in [0.15, 0.2) is 35.9 Å². The first-order valence-corrected chi connectivity index (χ1v) is 9.53. The summed E-state index contributed by atoms with van der Waals surface area (Å²) in [4.78, 5) is 10.9. The topological polar surface area (TPSA) is 55.8 Å². The summed E-state index contributed by atoms with van der Waals surface area (Å²) < 4.78 is 12.2. The van der Waals surface area contributed by atoms with Gasteiger partial charge in [0, 0.05) is 17.4 Å². The van der Waals surface area contributed by atoms with Crippen molar-refractivity contribution in [3.63, 3.8) is 0 Å². The highest BCUT2D eigenvalue weighted by Gasteiger charge is 2.44. The molecule has 0 amide bonds. The second-order valence-corrected chi connectivity index (χ2v) is 7.45. The molecule has 134 valence electrons. The molecule has 1 N–H and O–H groups in total. The third kappa shape index (κ3) is 3.32. The van der Waals surface area contributed by atoms with Crippen LogP contribution >= 0.6 is 0 Å². The van der Waals surface area contributed by atoms with Crippen molar-refractivity contribution in [3.8, 4) is 5.75 Å². The molecule has 0 radical (unpaired) electrons. The Hall–Kier alpha value is -1.81. The monoisotopic (exact) mass is 342 g/mol. The number of aliphatic carboxylic acids is 1. The maximum Gasteiger partial charge on any atom is 0.341 e. The summed E-state index contributed by atoms with van der Waals surface area (Å²) in [5.41, 5.74) is 2.60. The lowest BCUT2D eigenvalue weighted by Crippen LogP contribution is -2.41. The van der Waals surface area contributed by atoms with E-state index in [4.69, 9.17) is 14.6 Å². The molecule has 0 aromatic heterocycles. The minimum Gasteiger partial charge on any atom is -0.482 e. The Labute approximate surface area is 148 Å². The molecule has 2 aliphatic carbocycles. The number of hydrogen-bond donors (Lipinski definition) is 1. The number of allylic oxidation sites excluding steroid dienone is 1. The average molecular weight is 342 g/mol. The van der Waals surface area contributed by atoms with E-state index in [-0.39, 0.29) is 12.7 Å². The van der Waals surface area contributed by atoms with Crippen molar-refractivity contribution in [3.05, 3.63) is 41.5 Å². The standard InChI is InChI=1S/C21H26O4/c22-20(23)13-24-18-11-5-4-10-17(18)21-16-9-2-1-7-14(16)15-8-3-6-12-19(15)25-21/h4-5,7,10-11,15-16,19,21H,1-3,6,8-9,12-13H2,(H,22,23)/t15-,16-,19+,21-/m1/s1. The van der Waals surface area contributed by atoms with Crippen LogP contribution in [0.5, 0.6) is 5.75 Å². The normalized spacial score (nSPS) is 31.4. The molecule has 0 bridgehead atoms. The van der Waals surface area contributed by atoms with E-state index in [2.05, 4.69) is 6.08 Å². The van der Waals surface area contributed by atoms with E-state index in [1.165, 1.54) is 32.1 Å². The van der Waals surface area contributed by atoms with Crippen molar-refractivity contribution < 1.29 is 19.4 Å². The average Bonchev–Trinajstić information content (AvgIpc) is 2.66. The Kier molecular flexibility index (Phi) is 4.80. The van der Waals surface area contributed by atoms with E-state index < -0.39 is 5.97 Å². The van der Waals surface area contributed by atoms with Crippen molar-refractivity contribution >= 4 is 5.97 Å². The summed E-state index contributed by atoms with van der Waals surface area (Å²) in [5, 5.41) is 8.95. The third-order valence-electron chi connectivity index (χ3n) is 5.92. The van der Waals surface area contributed by atoms with Gasteiger partial charge in [0.25, 0.3) is 0 Å². The van der Waals surface area contributed by atoms with Crippen LogP contribution in [0.1, 0.15) is 56.6 Å². The molecule has 1 aliphatic heterocycles. The summed E-state index contributed by atoms with van der Waals surface area (Å²) in [7, 11) is 0. The van der Waals surface area contributed by atoms with Crippen LogP contribution in [0, 0.1) is 11.8 Å². The zero-order valence-corrected chi connectivity index (χ0v) is 14.5. The zero-order valence-electron chi connectivity index (χ0n) is 14.5. The molecule has 4 rings (SSSR count). The molecule has 1 saturated heterocycles. The Morgan fingerprint density at radius 2 is 1.92 bits per heavy atom. The predicted molar refractivity (Wildman–Crippen MR) is 94.6 cm³/mol. The molecule has 0 unspecified atom stereocenters. The Bertz CT molecular complexity index is 666. The maximum atomic E-state index is 10.9. The molecule has 4 heteroatoms. The smallest absolute Gasteiger partial charge is 0.341 e. The van der Waals surface area contributed by atoms with Gasteiger partial charge in [0.05, 0.1) is 12.2 Å². The quantitative estimate of drug-likeness (QED) is 0.818. The van der Waals surface area contributed by atoms with E-state index in [0.29, 0.717) is 23.7 Å². The van der Waals surface area contributed by atoms with E-state index in [0.717, 1.165) is 18.4 Å². The number of fused-ring (bicyclic) bond motifs is 3. The highest BCUT2D eigenvalue weighted by molar-refractivity contribution is 5.68. The summed E-state index contributed by atoms with van der Waals surface area (Å²) in [6.07, 6.45) is 11.2. The first-order valence-electron chi connectivity index (χ1n) is 9.53. The minimum atomic E-state index is -0.954. The van der Waals surface area contributed by atoms with Crippen LogP contribution in [0.25, 0.3) is 0 Å². The van der Waals surface area contributed by atoms with Crippen LogP contribution in [0.3, 0.4) is 0 Å². The van der Waals surface area contributed by atoms with Gasteiger partial charge in [-0.2, -0.15) is 0 Å². The van der Waals surface area contributed by atoms with Crippen molar-refractivity contribution in [2.75, 3.05) is 6.61 Å². The van der Waals surface area contributed by atoms with Crippen LogP contribution < -0.4 is 4.74 Å². The highest BCUT2D eigenvalue weighted by atomic mass is 16.5. The number of benzene rings is 1. The minimum absolute atomic E-state index is 0.0177. The van der Waals surface area contributed by atoms with E-state index in [1.54, 1.807) is 5.57 Å². The van der Waals surface area contributed by atoms with Gasteiger partial charge < -0.3 is 14.6 Å². The predicted octanol–water partition coefficient (Wildman–Crippen LogP) is 4.51. The van der Waals surface area contributed by atoms with Crippen LogP contribution in [-0.2, 0) is 9.53 Å². The van der Waals surface area contributed by atoms with E-state index >= 15 is 0 Å². The molecule has 1 aromatic rings. The van der Waals surface area contributed by atoms with Gasteiger partial charge in [0.1, 0.15) is 5.75 Å². The molecule has 1 heterocycles. The fraction of sp³-hybridized carbons (Fsp3) is 0.571. The third-order valence-corrected chi connectivity index (χ3v) is 5.92. The Morgan fingerprint density at radius 3 is 2.80 bits per heavy atom. The fourth-order valence-electron chi connectivity index (χ4n) is 4.88. The summed E-state index contributed by atoms with van der Waals surface area (Å²) >= 11 is 0. The molecular formula is C21H26O4. The number of carboxylic acids is 1. The van der Waals surface area contributed by atoms with Crippen molar-refractivity contribution in [1.29, 1.82) is 0 Å². The van der Waals surface area contributed by atoms with Crippen molar-refractivity contribution in [2.45, 2.75) is 57.2 Å². The Balaban J connectivity index is 1.66. The molecule has 4 atom stereocenters. The van der Waals surface area contributed by atoms with Gasteiger partial charge in [-0.15, -0.1) is 0 Å². The number of carbonyl (C=O) groups is 1. The van der Waals surface area contributed by atoms with Gasteiger partial charge in [0.15, 0.2) is 6.61 Å². The molecule has 4 nitrogen and oxygen atoms in total. The first-order chi connectivity index (χ1) is 12.2. The second-order valence-electron chi connectivity index (χ2n) is 7.45. The maximum absolute atomic E-state index is 10.9. The van der Waals surface area contributed by atoms with Crippen LogP contribution in [0.4, 0.5) is 0 Å². The van der Waals surface area contributed by atoms with Gasteiger partial charge in [-0.3, -0.25) is 0 Å². The Morgan fingerprint density at radius 1 is 1.12 bits per heavy atom. The summed E-state index contributed by atoms with van der Waals surface area (Å²) in [6, 6.07) is 7.79. The fourth-order valence-corrected chi connectivity index (χ4v) is 4.88. The van der Waals surface area contributed by atoms with Gasteiger partial charge in [-0.1, -0.05) is 42.7 Å². The van der Waals surface area contributed by atoms with E-state index in [1.807, 2.05) is 24.3 Å². The SMILES string of the molecule is O=C(O)COc1ccccc1[C@@H]1O[C@H]2CCCC[C@@H]2C2=CCCC[C@H]21. The lowest BCUT2D eigenvalue weighted by molar-refractivity contribution is -0.139. The van der Waals surface area contributed by atoms with Gasteiger partial charge in [-0.05, 0) is 38.2 Å². The van der Waals surface area contributed by atoms with Gasteiger partial charge >= 0.3 is 5.97 Å². The molecule has 1 aromatic carbocycles. The molecule has 1 saturated carbocycles. The van der Waals surface area contributed by atoms with Crippen molar-refractivity contribution in [1.82, 2.24) is 0 Å².